The molecule has 0 spiro atoms. The number of hydrogen-bond donors (Lipinski definition) is 8. The Labute approximate surface area is 250 Å². The number of aromatic hydroxyl groups is 4. The van der Waals surface area contributed by atoms with E-state index in [1.54, 1.807) is 0 Å². The average Bonchev–Trinajstić information content (AvgIpc) is 2.99. The van der Waals surface area contributed by atoms with E-state index in [1.807, 2.05) is 0 Å². The van der Waals surface area contributed by atoms with Crippen molar-refractivity contribution in [2.75, 3.05) is 13.2 Å². The van der Waals surface area contributed by atoms with Crippen LogP contribution in [0.2, 0.25) is 0 Å². The average molecular weight is 623 g/mol. The lowest BCUT2D eigenvalue weighted by molar-refractivity contribution is -0.372. The second-order valence-corrected chi connectivity index (χ2v) is 10.7. The predicted octanol–water partition coefficient (Wildman–Crippen LogP) is -0.479. The molecule has 44 heavy (non-hydrogen) atoms. The van der Waals surface area contributed by atoms with Crippen LogP contribution >= 0.6 is 0 Å². The summed E-state index contributed by atoms with van der Waals surface area (Å²) in [6, 6.07) is 7.73. The predicted molar refractivity (Wildman–Crippen MR) is 145 cm³/mol. The molecule has 8 N–H and O–H groups in total. The quantitative estimate of drug-likeness (QED) is 0.119. The number of carbonyl (C=O) groups is 1. The van der Waals surface area contributed by atoms with E-state index in [1.165, 1.54) is 49.4 Å². The molecule has 11 atom stereocenters. The molecule has 2 aromatic carbocycles. The highest BCUT2D eigenvalue weighted by molar-refractivity contribution is 5.87. The van der Waals surface area contributed by atoms with E-state index in [0.717, 1.165) is 6.08 Å². The number of aliphatic hydroxyl groups is 4. The van der Waals surface area contributed by atoms with Crippen molar-refractivity contribution in [2.24, 2.45) is 0 Å². The highest BCUT2D eigenvalue weighted by atomic mass is 16.8. The number of hydrogen-bond acceptors (Lipinski definition) is 15. The third kappa shape index (κ3) is 6.61. The summed E-state index contributed by atoms with van der Waals surface area (Å²) in [4.78, 5) is 12.9. The van der Waals surface area contributed by atoms with Crippen molar-refractivity contribution in [1.82, 2.24) is 0 Å². The van der Waals surface area contributed by atoms with Gasteiger partial charge in [0.2, 0.25) is 0 Å². The molecule has 3 fully saturated rings. The Balaban J connectivity index is 1.46. The van der Waals surface area contributed by atoms with Gasteiger partial charge in [-0.2, -0.15) is 0 Å². The van der Waals surface area contributed by atoms with Gasteiger partial charge in [-0.3, -0.25) is 0 Å². The minimum absolute atomic E-state index is 0.290. The molecule has 5 rings (SSSR count). The van der Waals surface area contributed by atoms with Crippen molar-refractivity contribution in [3.05, 3.63) is 53.6 Å². The summed E-state index contributed by atoms with van der Waals surface area (Å²) >= 11 is 0. The molecule has 2 aromatic rings. The molecule has 240 valence electrons. The van der Waals surface area contributed by atoms with Gasteiger partial charge in [0, 0.05) is 6.08 Å². The third-order valence-electron chi connectivity index (χ3n) is 7.64. The van der Waals surface area contributed by atoms with Gasteiger partial charge in [-0.25, -0.2) is 4.79 Å². The largest absolute Gasteiger partial charge is 0.504 e. The van der Waals surface area contributed by atoms with Crippen molar-refractivity contribution in [3.8, 4) is 23.0 Å². The van der Waals surface area contributed by atoms with Gasteiger partial charge in [0.25, 0.3) is 0 Å². The standard InChI is InChI=1S/C29H34O15/c1-12-22(36)23(37)27-29(40-12)39-11-20(14-4-6-16(32)18(34)9-14)42-28-24(38)26(44-27)25(19(10-30)41-28)43-21(35)7-3-13-2-5-15(31)17(33)8-13/h2-9,12,19-20,22-34,36-38H,10-11H2,1H3. The fraction of sp³-hybridized carbons (Fsp3) is 0.483. The fourth-order valence-electron chi connectivity index (χ4n) is 5.19. The van der Waals surface area contributed by atoms with Gasteiger partial charge in [-0.15, -0.1) is 0 Å². The van der Waals surface area contributed by atoms with Crippen LogP contribution in [-0.4, -0.2) is 121 Å². The molecule has 0 aliphatic carbocycles. The van der Waals surface area contributed by atoms with Gasteiger partial charge in [0.15, 0.2) is 41.7 Å². The molecule has 15 nitrogen and oxygen atoms in total. The van der Waals surface area contributed by atoms with Crippen LogP contribution in [0.5, 0.6) is 23.0 Å². The van der Waals surface area contributed by atoms with Gasteiger partial charge >= 0.3 is 5.97 Å². The van der Waals surface area contributed by atoms with Crippen LogP contribution in [0.4, 0.5) is 0 Å². The van der Waals surface area contributed by atoms with E-state index in [-0.39, 0.29) is 18.1 Å². The summed E-state index contributed by atoms with van der Waals surface area (Å²) in [5.41, 5.74) is 0.644. The number of benzene rings is 2. The van der Waals surface area contributed by atoms with Crippen LogP contribution in [0.15, 0.2) is 42.5 Å². The fourth-order valence-corrected chi connectivity index (χ4v) is 5.19. The van der Waals surface area contributed by atoms with Crippen molar-refractivity contribution in [3.63, 3.8) is 0 Å². The lowest BCUT2D eigenvalue weighted by Gasteiger charge is -2.49. The van der Waals surface area contributed by atoms with Crippen LogP contribution in [0, 0.1) is 0 Å². The van der Waals surface area contributed by atoms with Gasteiger partial charge in [0.05, 0.1) is 19.3 Å². The highest BCUT2D eigenvalue weighted by Crippen LogP contribution is 2.37. The number of carbonyl (C=O) groups excluding carboxylic acids is 1. The van der Waals surface area contributed by atoms with Crippen LogP contribution < -0.4 is 0 Å². The third-order valence-corrected chi connectivity index (χ3v) is 7.64. The molecule has 0 amide bonds. The molecular weight excluding hydrogens is 588 g/mol. The minimum atomic E-state index is -1.70. The van der Waals surface area contributed by atoms with Crippen LogP contribution in [0.25, 0.3) is 6.08 Å². The maximum Gasteiger partial charge on any atom is 0.331 e. The molecule has 11 unspecified atom stereocenters. The lowest BCUT2D eigenvalue weighted by atomic mass is 9.95. The maximum absolute atomic E-state index is 12.9. The van der Waals surface area contributed by atoms with E-state index in [9.17, 15) is 45.6 Å². The van der Waals surface area contributed by atoms with E-state index in [4.69, 9.17) is 28.4 Å². The smallest absolute Gasteiger partial charge is 0.331 e. The van der Waals surface area contributed by atoms with Crippen molar-refractivity contribution < 1.29 is 74.1 Å². The summed E-state index contributed by atoms with van der Waals surface area (Å²) in [6.07, 6.45) is -13.0. The first-order valence-electron chi connectivity index (χ1n) is 13.8. The van der Waals surface area contributed by atoms with Crippen LogP contribution in [0.1, 0.15) is 24.2 Å². The number of rotatable bonds is 5. The first kappa shape index (κ1) is 31.9. The summed E-state index contributed by atoms with van der Waals surface area (Å²) < 4.78 is 35.0. The summed E-state index contributed by atoms with van der Waals surface area (Å²) in [5, 5.41) is 82.1. The van der Waals surface area contributed by atoms with E-state index >= 15 is 0 Å². The Morgan fingerprint density at radius 1 is 0.841 bits per heavy atom. The zero-order chi connectivity index (χ0) is 31.7. The van der Waals surface area contributed by atoms with Crippen molar-refractivity contribution in [2.45, 2.75) is 74.4 Å². The minimum Gasteiger partial charge on any atom is -0.504 e. The number of ether oxygens (including phenoxy) is 6. The van der Waals surface area contributed by atoms with E-state index < -0.39 is 91.6 Å². The second-order valence-electron chi connectivity index (χ2n) is 10.7. The first-order chi connectivity index (χ1) is 21.0. The normalized spacial score (nSPS) is 36.0. The molecule has 3 saturated heterocycles. The molecule has 3 aliphatic rings. The van der Waals surface area contributed by atoms with Gasteiger partial charge in [0.1, 0.15) is 42.7 Å². The molecule has 3 aliphatic heterocycles. The van der Waals surface area contributed by atoms with Crippen molar-refractivity contribution >= 4 is 12.0 Å². The second kappa shape index (κ2) is 13.2. The molecule has 0 saturated carbocycles. The summed E-state index contributed by atoms with van der Waals surface area (Å²) in [7, 11) is 0. The first-order valence-corrected chi connectivity index (χ1v) is 13.8. The Bertz CT molecular complexity index is 1350. The zero-order valence-electron chi connectivity index (χ0n) is 23.3. The Morgan fingerprint density at radius 3 is 2.23 bits per heavy atom. The topological polar surface area (TPSA) is 234 Å². The highest BCUT2D eigenvalue weighted by Gasteiger charge is 2.54. The van der Waals surface area contributed by atoms with Gasteiger partial charge in [-0.1, -0.05) is 12.1 Å². The molecule has 0 radical (unpaired) electrons. The number of phenols is 4. The number of phenolic OH excluding ortho intramolecular Hbond substituents is 4. The van der Waals surface area contributed by atoms with E-state index in [0.29, 0.717) is 11.1 Å². The monoisotopic (exact) mass is 622 g/mol. The van der Waals surface area contributed by atoms with Gasteiger partial charge < -0.3 is 69.3 Å². The summed E-state index contributed by atoms with van der Waals surface area (Å²) in [6.45, 7) is 0.486. The Morgan fingerprint density at radius 2 is 1.55 bits per heavy atom. The number of esters is 1. The zero-order valence-corrected chi connectivity index (χ0v) is 23.3. The summed E-state index contributed by atoms with van der Waals surface area (Å²) in [5.74, 6) is -2.57. The van der Waals surface area contributed by atoms with E-state index in [2.05, 4.69) is 0 Å². The SMILES string of the molecule is CC1OC2OCC(c3ccc(O)c(O)c3)OC3OC(CO)C(OC(=O)C=Cc4ccc(O)c(O)c4)C(OC2C(O)C1O)C3O. The van der Waals surface area contributed by atoms with Crippen LogP contribution in [-0.2, 0) is 33.2 Å². The molecule has 15 heteroatoms. The lowest BCUT2D eigenvalue weighted by Crippen LogP contribution is -2.66. The maximum atomic E-state index is 12.9. The molecule has 2 bridgehead atoms. The molecule has 3 heterocycles. The number of aliphatic hydroxyl groups excluding tert-OH is 4. The number of fused-ring (bicyclic) bond motifs is 3. The molecule has 0 aromatic heterocycles. The van der Waals surface area contributed by atoms with Crippen molar-refractivity contribution in [1.29, 1.82) is 0 Å². The Kier molecular flexibility index (Phi) is 9.59. The molecular formula is C29H34O15. The Hall–Kier alpha value is -3.51. The van der Waals surface area contributed by atoms with Gasteiger partial charge in [-0.05, 0) is 48.4 Å². The van der Waals surface area contributed by atoms with Crippen LogP contribution in [0.3, 0.4) is 0 Å².